The Labute approximate surface area is 111 Å². The van der Waals surface area contributed by atoms with E-state index in [0.29, 0.717) is 36.6 Å². The van der Waals surface area contributed by atoms with Crippen LogP contribution in [0.25, 0.3) is 0 Å². The van der Waals surface area contributed by atoms with Gasteiger partial charge in [-0.05, 0) is 25.5 Å². The zero-order valence-corrected chi connectivity index (χ0v) is 10.7. The Bertz CT molecular complexity index is 502. The second-order valence-corrected chi connectivity index (χ2v) is 4.30. The van der Waals surface area contributed by atoms with Gasteiger partial charge in [0, 0.05) is 6.42 Å². The molecule has 1 aromatic rings. The van der Waals surface area contributed by atoms with Gasteiger partial charge < -0.3 is 15.8 Å². The van der Waals surface area contributed by atoms with Crippen LogP contribution in [-0.2, 0) is 9.59 Å². The second kappa shape index (κ2) is 5.60. The zero-order chi connectivity index (χ0) is 13.8. The fourth-order valence-corrected chi connectivity index (χ4v) is 1.97. The second-order valence-electron chi connectivity index (χ2n) is 4.30. The maximum atomic E-state index is 11.7. The predicted molar refractivity (Wildman–Crippen MR) is 71.8 cm³/mol. The minimum Gasteiger partial charge on any atom is -0.492 e. The third-order valence-corrected chi connectivity index (χ3v) is 2.93. The highest BCUT2D eigenvalue weighted by molar-refractivity contribution is 6.01. The number of benzene rings is 1. The average molecular weight is 263 g/mol. The first-order valence-corrected chi connectivity index (χ1v) is 6.23. The van der Waals surface area contributed by atoms with Gasteiger partial charge >= 0.3 is 0 Å². The lowest BCUT2D eigenvalue weighted by atomic mass is 10.1. The van der Waals surface area contributed by atoms with Crippen molar-refractivity contribution in [2.45, 2.75) is 25.8 Å². The first-order chi connectivity index (χ1) is 9.11. The molecule has 6 nitrogen and oxygen atoms in total. The Kier molecular flexibility index (Phi) is 3.89. The standard InChI is InChI=1S/C13H17N3O3/c1-2-19-10-5-3-4-8(12(10)14)15-9-6-7-11(17)16-13(9)18/h3-5,9,15H,2,6-7,14H2,1H3,(H,16,17,18). The molecule has 102 valence electrons. The molecule has 0 aromatic heterocycles. The van der Waals surface area contributed by atoms with Crippen molar-refractivity contribution >= 4 is 23.2 Å². The molecular weight excluding hydrogens is 246 g/mol. The number of anilines is 2. The summed E-state index contributed by atoms with van der Waals surface area (Å²) >= 11 is 0. The van der Waals surface area contributed by atoms with E-state index in [1.54, 1.807) is 18.2 Å². The first kappa shape index (κ1) is 13.2. The van der Waals surface area contributed by atoms with E-state index in [-0.39, 0.29) is 11.8 Å². The molecule has 2 amide bonds. The Morgan fingerprint density at radius 1 is 1.47 bits per heavy atom. The molecule has 1 fully saturated rings. The van der Waals surface area contributed by atoms with Gasteiger partial charge in [-0.1, -0.05) is 6.07 Å². The summed E-state index contributed by atoms with van der Waals surface area (Å²) in [6.45, 7) is 2.39. The van der Waals surface area contributed by atoms with Crippen molar-refractivity contribution in [3.05, 3.63) is 18.2 Å². The lowest BCUT2D eigenvalue weighted by Crippen LogP contribution is -2.47. The minimum absolute atomic E-state index is 0.237. The number of nitrogens with two attached hydrogens (primary N) is 1. The molecule has 0 radical (unpaired) electrons. The summed E-state index contributed by atoms with van der Waals surface area (Å²) in [7, 11) is 0. The molecule has 0 bridgehead atoms. The van der Waals surface area contributed by atoms with Gasteiger partial charge in [0.25, 0.3) is 0 Å². The van der Waals surface area contributed by atoms with E-state index < -0.39 is 6.04 Å². The summed E-state index contributed by atoms with van der Waals surface area (Å²) in [5, 5.41) is 5.35. The number of carbonyl (C=O) groups excluding carboxylic acids is 2. The highest BCUT2D eigenvalue weighted by Crippen LogP contribution is 2.30. The minimum atomic E-state index is -0.447. The van der Waals surface area contributed by atoms with E-state index in [9.17, 15) is 9.59 Å². The molecule has 19 heavy (non-hydrogen) atoms. The summed E-state index contributed by atoms with van der Waals surface area (Å²) in [5.41, 5.74) is 7.08. The van der Waals surface area contributed by atoms with Crippen molar-refractivity contribution in [1.82, 2.24) is 5.32 Å². The van der Waals surface area contributed by atoms with Crippen LogP contribution >= 0.6 is 0 Å². The number of rotatable bonds is 4. The first-order valence-electron chi connectivity index (χ1n) is 6.23. The molecule has 1 aliphatic heterocycles. The molecule has 0 aliphatic carbocycles. The number of para-hydroxylation sites is 1. The third kappa shape index (κ3) is 2.96. The van der Waals surface area contributed by atoms with Gasteiger partial charge in [-0.2, -0.15) is 0 Å². The summed E-state index contributed by atoms with van der Waals surface area (Å²) < 4.78 is 5.39. The highest BCUT2D eigenvalue weighted by Gasteiger charge is 2.26. The zero-order valence-electron chi connectivity index (χ0n) is 10.7. The maximum absolute atomic E-state index is 11.7. The van der Waals surface area contributed by atoms with Gasteiger partial charge in [0.2, 0.25) is 11.8 Å². The van der Waals surface area contributed by atoms with Crippen molar-refractivity contribution in [2.24, 2.45) is 0 Å². The number of ether oxygens (including phenoxy) is 1. The van der Waals surface area contributed by atoms with Crippen LogP contribution in [0, 0.1) is 0 Å². The lowest BCUT2D eigenvalue weighted by Gasteiger charge is -2.24. The number of hydrogen-bond donors (Lipinski definition) is 3. The van der Waals surface area contributed by atoms with Crippen molar-refractivity contribution in [3.63, 3.8) is 0 Å². The van der Waals surface area contributed by atoms with E-state index in [1.807, 2.05) is 6.92 Å². The number of amides is 2. The SMILES string of the molecule is CCOc1cccc(NC2CCC(=O)NC2=O)c1N. The summed E-state index contributed by atoms with van der Waals surface area (Å²) in [6, 6.07) is 4.91. The lowest BCUT2D eigenvalue weighted by molar-refractivity contribution is -0.133. The molecule has 0 saturated carbocycles. The number of nitrogen functional groups attached to an aromatic ring is 1. The molecule has 2 rings (SSSR count). The van der Waals surface area contributed by atoms with Crippen LogP contribution < -0.4 is 21.1 Å². The van der Waals surface area contributed by atoms with E-state index in [1.165, 1.54) is 0 Å². The van der Waals surface area contributed by atoms with E-state index in [2.05, 4.69) is 10.6 Å². The van der Waals surface area contributed by atoms with E-state index in [0.717, 1.165) is 0 Å². The number of hydrogen-bond acceptors (Lipinski definition) is 5. The summed E-state index contributed by atoms with van der Waals surface area (Å²) in [6.07, 6.45) is 0.789. The molecule has 1 aliphatic rings. The molecule has 1 aromatic carbocycles. The van der Waals surface area contributed by atoms with Crippen LogP contribution in [0.15, 0.2) is 18.2 Å². The van der Waals surface area contributed by atoms with E-state index >= 15 is 0 Å². The van der Waals surface area contributed by atoms with Crippen molar-refractivity contribution < 1.29 is 14.3 Å². The molecule has 0 spiro atoms. The Morgan fingerprint density at radius 2 is 2.26 bits per heavy atom. The van der Waals surface area contributed by atoms with Crippen molar-refractivity contribution in [1.29, 1.82) is 0 Å². The summed E-state index contributed by atoms with van der Waals surface area (Å²) in [5.74, 6) is 0.0244. The van der Waals surface area contributed by atoms with Gasteiger partial charge in [0.1, 0.15) is 11.8 Å². The molecule has 1 saturated heterocycles. The van der Waals surface area contributed by atoms with Gasteiger partial charge in [0.15, 0.2) is 0 Å². The van der Waals surface area contributed by atoms with Crippen LogP contribution in [0.3, 0.4) is 0 Å². The van der Waals surface area contributed by atoms with Gasteiger partial charge in [-0.15, -0.1) is 0 Å². The molecule has 1 heterocycles. The third-order valence-electron chi connectivity index (χ3n) is 2.93. The highest BCUT2D eigenvalue weighted by atomic mass is 16.5. The quantitative estimate of drug-likeness (QED) is 0.554. The van der Waals surface area contributed by atoms with Crippen LogP contribution in [0.2, 0.25) is 0 Å². The van der Waals surface area contributed by atoms with Gasteiger partial charge in [0.05, 0.1) is 18.0 Å². The molecule has 4 N–H and O–H groups in total. The Balaban J connectivity index is 2.13. The fraction of sp³-hybridized carbons (Fsp3) is 0.385. The Morgan fingerprint density at radius 3 is 2.95 bits per heavy atom. The van der Waals surface area contributed by atoms with Gasteiger partial charge in [-0.25, -0.2) is 0 Å². The fourth-order valence-electron chi connectivity index (χ4n) is 1.97. The normalized spacial score (nSPS) is 18.9. The topological polar surface area (TPSA) is 93.5 Å². The largest absolute Gasteiger partial charge is 0.492 e. The molecule has 1 atom stereocenters. The smallest absolute Gasteiger partial charge is 0.249 e. The summed E-state index contributed by atoms with van der Waals surface area (Å²) in [4.78, 5) is 22.7. The number of piperidine rings is 1. The van der Waals surface area contributed by atoms with E-state index in [4.69, 9.17) is 10.5 Å². The predicted octanol–water partition coefficient (Wildman–Crippen LogP) is 0.885. The van der Waals surface area contributed by atoms with Crippen LogP contribution in [0.1, 0.15) is 19.8 Å². The van der Waals surface area contributed by atoms with Crippen molar-refractivity contribution in [3.8, 4) is 5.75 Å². The molecule has 6 heteroatoms. The Hall–Kier alpha value is -2.24. The average Bonchev–Trinajstić information content (AvgIpc) is 2.37. The maximum Gasteiger partial charge on any atom is 0.249 e. The molecule has 1 unspecified atom stereocenters. The number of nitrogens with one attached hydrogen (secondary N) is 2. The number of carbonyl (C=O) groups is 2. The van der Waals surface area contributed by atoms with Crippen LogP contribution in [0.5, 0.6) is 5.75 Å². The van der Waals surface area contributed by atoms with Gasteiger partial charge in [-0.3, -0.25) is 14.9 Å². The monoisotopic (exact) mass is 263 g/mol. The van der Waals surface area contributed by atoms with Crippen LogP contribution in [0.4, 0.5) is 11.4 Å². The van der Waals surface area contributed by atoms with Crippen LogP contribution in [-0.4, -0.2) is 24.5 Å². The molecular formula is C13H17N3O3. The van der Waals surface area contributed by atoms with Crippen molar-refractivity contribution in [2.75, 3.05) is 17.7 Å². The number of imide groups is 1.